The van der Waals surface area contributed by atoms with Gasteiger partial charge in [0.05, 0.1) is 37.6 Å². The van der Waals surface area contributed by atoms with Crippen LogP contribution in [0.25, 0.3) is 33.5 Å². The maximum absolute atomic E-state index is 13.8. The number of carbonyl (C=O) groups is 1. The molecule has 0 radical (unpaired) electrons. The summed E-state index contributed by atoms with van der Waals surface area (Å²) < 4.78 is 38.8. The second-order valence-corrected chi connectivity index (χ2v) is 11.1. The highest BCUT2D eigenvalue weighted by Gasteiger charge is 2.47. The first-order chi connectivity index (χ1) is 19.8. The van der Waals surface area contributed by atoms with Crippen molar-refractivity contribution >= 4 is 27.8 Å². The van der Waals surface area contributed by atoms with E-state index in [2.05, 4.69) is 5.10 Å². The average molecular weight is 560 g/mol. The molecule has 3 atom stereocenters. The Morgan fingerprint density at radius 2 is 2.00 bits per heavy atom. The van der Waals surface area contributed by atoms with Crippen molar-refractivity contribution in [2.75, 3.05) is 13.7 Å². The van der Waals surface area contributed by atoms with Gasteiger partial charge in [0.1, 0.15) is 11.3 Å². The van der Waals surface area contributed by atoms with Crippen LogP contribution in [-0.4, -0.2) is 66.9 Å². The number of nitrogens with zero attached hydrogens (tertiary/aromatic N) is 6. The van der Waals surface area contributed by atoms with E-state index in [0.717, 1.165) is 23.8 Å². The number of likely N-dealkylation sites (tertiary alicyclic amines) is 1. The van der Waals surface area contributed by atoms with Gasteiger partial charge >= 0.3 is 0 Å². The summed E-state index contributed by atoms with van der Waals surface area (Å²) in [7, 11) is 3.40. The summed E-state index contributed by atoms with van der Waals surface area (Å²) in [6, 6.07) is 12.9. The van der Waals surface area contributed by atoms with Crippen molar-refractivity contribution in [1.82, 2.24) is 28.8 Å². The van der Waals surface area contributed by atoms with Gasteiger partial charge < -0.3 is 24.5 Å². The van der Waals surface area contributed by atoms with Crippen LogP contribution in [0.1, 0.15) is 28.8 Å². The number of amides is 1. The van der Waals surface area contributed by atoms with Gasteiger partial charge in [-0.2, -0.15) is 5.10 Å². The van der Waals surface area contributed by atoms with E-state index >= 15 is 0 Å². The number of halogens is 2. The van der Waals surface area contributed by atoms with Gasteiger partial charge in [0.15, 0.2) is 5.82 Å². The quantitative estimate of drug-likeness (QED) is 0.321. The highest BCUT2D eigenvalue weighted by molar-refractivity contribution is 6.00. The number of rotatable bonds is 7. The lowest BCUT2D eigenvalue weighted by Crippen LogP contribution is -2.41. The normalized spacial score (nSPS) is 20.2. The SMILES string of the molecule is COc1cc(C(=O)N2CC3CCC2[C@@H]3N)cc2nc(-c3cc4ccccc4n3CC(F)F)n(Cc3cnn(C)c3)c12. The minimum absolute atomic E-state index is 0.00613. The molecule has 5 aromatic rings. The summed E-state index contributed by atoms with van der Waals surface area (Å²) in [6.07, 6.45) is 3.07. The number of aryl methyl sites for hydroxylation is 1. The van der Waals surface area contributed by atoms with Crippen molar-refractivity contribution in [3.05, 3.63) is 66.0 Å². The molecule has 9 nitrogen and oxygen atoms in total. The number of alkyl halides is 2. The Morgan fingerprint density at radius 1 is 1.17 bits per heavy atom. The number of hydrogen-bond acceptors (Lipinski definition) is 5. The zero-order chi connectivity index (χ0) is 28.4. The summed E-state index contributed by atoms with van der Waals surface area (Å²) in [5.41, 5.74) is 10.3. The van der Waals surface area contributed by atoms with Crippen LogP contribution in [0, 0.1) is 5.92 Å². The predicted molar refractivity (Wildman–Crippen MR) is 151 cm³/mol. The Bertz CT molecular complexity index is 1790. The molecule has 2 N–H and O–H groups in total. The Labute approximate surface area is 235 Å². The molecule has 7 rings (SSSR count). The number of hydrogen-bond donors (Lipinski definition) is 1. The standard InChI is InChI=1S/C30H31F2N7O2/c1-36-13-17(12-34-36)14-39-28-21(35-29(39)24-10-18-5-3-4-6-22(18)37(24)16-26(31)32)9-20(11-25(28)41-2)30(40)38-15-19-7-8-23(38)27(19)33/h3-6,9-13,19,23,26-27H,7-8,14-16,33H2,1-2H3/t19?,23?,27-/m1/s1. The third-order valence-electron chi connectivity index (χ3n) is 8.65. The minimum atomic E-state index is -2.55. The van der Waals surface area contributed by atoms with Crippen LogP contribution in [0.5, 0.6) is 5.75 Å². The molecule has 1 aliphatic heterocycles. The topological polar surface area (TPSA) is 96.1 Å². The summed E-state index contributed by atoms with van der Waals surface area (Å²) in [4.78, 5) is 20.6. The molecule has 3 aromatic heterocycles. The van der Waals surface area contributed by atoms with Gasteiger partial charge in [0.25, 0.3) is 12.3 Å². The van der Waals surface area contributed by atoms with Gasteiger partial charge in [0, 0.05) is 53.9 Å². The third-order valence-corrected chi connectivity index (χ3v) is 8.65. The molecule has 1 amide bonds. The monoisotopic (exact) mass is 559 g/mol. The fourth-order valence-corrected chi connectivity index (χ4v) is 6.77. The highest BCUT2D eigenvalue weighted by Crippen LogP contribution is 2.39. The van der Waals surface area contributed by atoms with Crippen LogP contribution >= 0.6 is 0 Å². The number of para-hydroxylation sites is 1. The maximum Gasteiger partial charge on any atom is 0.256 e. The first-order valence-corrected chi connectivity index (χ1v) is 13.8. The number of piperidine rings is 1. The summed E-state index contributed by atoms with van der Waals surface area (Å²) in [5, 5.41) is 5.15. The summed E-state index contributed by atoms with van der Waals surface area (Å²) in [5.74, 6) is 1.23. The predicted octanol–water partition coefficient (Wildman–Crippen LogP) is 4.28. The van der Waals surface area contributed by atoms with Crippen LogP contribution in [0.15, 0.2) is 54.9 Å². The van der Waals surface area contributed by atoms with Crippen molar-refractivity contribution in [1.29, 1.82) is 0 Å². The van der Waals surface area contributed by atoms with E-state index in [1.54, 1.807) is 34.7 Å². The Hall–Kier alpha value is -4.25. The van der Waals surface area contributed by atoms with Gasteiger partial charge in [0.2, 0.25) is 0 Å². The molecule has 2 unspecified atom stereocenters. The number of fused-ring (bicyclic) bond motifs is 4. The lowest BCUT2D eigenvalue weighted by Gasteiger charge is -2.27. The molecule has 11 heteroatoms. The minimum Gasteiger partial charge on any atom is -0.494 e. The van der Waals surface area contributed by atoms with Gasteiger partial charge in [-0.3, -0.25) is 9.48 Å². The number of methoxy groups -OCH3 is 1. The maximum atomic E-state index is 13.8. The van der Waals surface area contributed by atoms with Gasteiger partial charge in [-0.1, -0.05) is 18.2 Å². The number of imidazole rings is 1. The average Bonchev–Trinajstić information content (AvgIpc) is 3.78. The van der Waals surface area contributed by atoms with Crippen molar-refractivity contribution in [3.8, 4) is 17.3 Å². The van der Waals surface area contributed by atoms with Gasteiger partial charge in [-0.05, 0) is 43.0 Å². The zero-order valence-corrected chi connectivity index (χ0v) is 22.9. The number of ether oxygens (including phenoxy) is 1. The lowest BCUT2D eigenvalue weighted by atomic mass is 10.1. The van der Waals surface area contributed by atoms with Crippen LogP contribution in [0.2, 0.25) is 0 Å². The van der Waals surface area contributed by atoms with Crippen molar-refractivity contribution < 1.29 is 18.3 Å². The molecule has 41 heavy (non-hydrogen) atoms. The molecule has 2 aromatic carbocycles. The number of carbonyl (C=O) groups excluding carboxylic acids is 1. The molecule has 1 saturated carbocycles. The second kappa shape index (κ2) is 9.69. The van der Waals surface area contributed by atoms with Crippen LogP contribution in [-0.2, 0) is 20.1 Å². The van der Waals surface area contributed by atoms with Crippen molar-refractivity contribution in [2.45, 2.75) is 44.4 Å². The fraction of sp³-hybridized carbons (Fsp3) is 0.367. The molecule has 1 aliphatic carbocycles. The first-order valence-electron chi connectivity index (χ1n) is 13.8. The molecule has 212 valence electrons. The second-order valence-electron chi connectivity index (χ2n) is 11.1. The molecule has 2 aliphatic rings. The number of benzene rings is 2. The first kappa shape index (κ1) is 25.7. The molecule has 4 heterocycles. The Kier molecular flexibility index (Phi) is 6.07. The summed E-state index contributed by atoms with van der Waals surface area (Å²) >= 11 is 0. The lowest BCUT2D eigenvalue weighted by molar-refractivity contribution is 0.0700. The molecule has 1 saturated heterocycles. The van der Waals surface area contributed by atoms with Gasteiger partial charge in [-0.15, -0.1) is 0 Å². The molecular formula is C30H31F2N7O2. The Balaban J connectivity index is 1.42. The van der Waals surface area contributed by atoms with Crippen LogP contribution in [0.4, 0.5) is 8.78 Å². The largest absolute Gasteiger partial charge is 0.494 e. The van der Waals surface area contributed by atoms with E-state index in [4.69, 9.17) is 15.5 Å². The van der Waals surface area contributed by atoms with Gasteiger partial charge in [-0.25, -0.2) is 13.8 Å². The fourth-order valence-electron chi connectivity index (χ4n) is 6.77. The number of nitrogens with two attached hydrogens (primary N) is 1. The third kappa shape index (κ3) is 4.18. The number of aromatic nitrogens is 5. The van der Waals surface area contributed by atoms with Crippen LogP contribution in [0.3, 0.4) is 0 Å². The summed E-state index contributed by atoms with van der Waals surface area (Å²) in [6.45, 7) is 0.557. The highest BCUT2D eigenvalue weighted by atomic mass is 19.3. The molecular weight excluding hydrogens is 528 g/mol. The van der Waals surface area contributed by atoms with E-state index in [1.807, 2.05) is 53.0 Å². The van der Waals surface area contributed by atoms with E-state index < -0.39 is 13.0 Å². The molecule has 0 spiro atoms. The zero-order valence-electron chi connectivity index (χ0n) is 22.9. The Morgan fingerprint density at radius 3 is 2.68 bits per heavy atom. The van der Waals surface area contributed by atoms with E-state index in [0.29, 0.717) is 58.4 Å². The van der Waals surface area contributed by atoms with Crippen molar-refractivity contribution in [3.63, 3.8) is 0 Å². The molecule has 2 bridgehead atoms. The van der Waals surface area contributed by atoms with E-state index in [9.17, 15) is 13.6 Å². The van der Waals surface area contributed by atoms with Crippen LogP contribution < -0.4 is 10.5 Å². The van der Waals surface area contributed by atoms with E-state index in [-0.39, 0.29) is 18.0 Å². The van der Waals surface area contributed by atoms with Crippen molar-refractivity contribution in [2.24, 2.45) is 18.7 Å². The molecule has 2 fully saturated rings. The smallest absolute Gasteiger partial charge is 0.256 e. The van der Waals surface area contributed by atoms with E-state index in [1.165, 1.54) is 0 Å².